The lowest BCUT2D eigenvalue weighted by Gasteiger charge is -2.20. The van der Waals surface area contributed by atoms with Crippen LogP contribution in [0.4, 0.5) is 4.39 Å². The van der Waals surface area contributed by atoms with Gasteiger partial charge in [-0.05, 0) is 65.1 Å². The lowest BCUT2D eigenvalue weighted by molar-refractivity contribution is 0.0696. The summed E-state index contributed by atoms with van der Waals surface area (Å²) in [6, 6.07) is 19.9. The summed E-state index contributed by atoms with van der Waals surface area (Å²) in [5.74, 6) is -2.00. The molecule has 1 aromatic heterocycles. The third-order valence-corrected chi connectivity index (χ3v) is 6.61. The van der Waals surface area contributed by atoms with Crippen molar-refractivity contribution >= 4 is 23.3 Å². The Bertz CT molecular complexity index is 1560. The summed E-state index contributed by atoms with van der Waals surface area (Å²) in [5, 5.41) is 22.8. The van der Waals surface area contributed by atoms with E-state index in [1.165, 1.54) is 16.7 Å². The van der Waals surface area contributed by atoms with Crippen LogP contribution in [0.5, 0.6) is 0 Å². The van der Waals surface area contributed by atoms with Crippen molar-refractivity contribution in [3.05, 3.63) is 128 Å². The molecule has 0 radical (unpaired) electrons. The van der Waals surface area contributed by atoms with E-state index in [2.05, 4.69) is 5.16 Å². The van der Waals surface area contributed by atoms with Crippen molar-refractivity contribution in [1.29, 1.82) is 0 Å². The van der Waals surface area contributed by atoms with Crippen LogP contribution in [0.1, 0.15) is 45.0 Å². The van der Waals surface area contributed by atoms with Gasteiger partial charge >= 0.3 is 5.97 Å². The summed E-state index contributed by atoms with van der Waals surface area (Å²) in [7, 11) is 1.60. The van der Waals surface area contributed by atoms with Crippen LogP contribution < -0.4 is 5.56 Å². The van der Waals surface area contributed by atoms with E-state index >= 15 is 4.39 Å². The largest absolute Gasteiger partial charge is 0.478 e. The lowest BCUT2D eigenvalue weighted by atomic mass is 9.84. The van der Waals surface area contributed by atoms with Crippen LogP contribution in [0.15, 0.2) is 88.9 Å². The van der Waals surface area contributed by atoms with Crippen molar-refractivity contribution < 1.29 is 19.5 Å². The fourth-order valence-corrected chi connectivity index (χ4v) is 4.54. The number of halogens is 2. The predicted octanol–water partition coefficient (Wildman–Crippen LogP) is 6.25. The van der Waals surface area contributed by atoms with Gasteiger partial charge in [-0.2, -0.15) is 0 Å². The molecule has 0 saturated carbocycles. The Morgan fingerprint density at radius 2 is 1.73 bits per heavy atom. The summed E-state index contributed by atoms with van der Waals surface area (Å²) in [5.41, 5.74) is 4.57. The molecule has 0 aliphatic rings. The zero-order valence-corrected chi connectivity index (χ0v) is 20.9. The number of rotatable bonds is 7. The van der Waals surface area contributed by atoms with E-state index in [-0.39, 0.29) is 22.6 Å². The molecule has 0 aliphatic heterocycles. The number of carboxylic acids is 1. The topological polar surface area (TPSA) is 91.9 Å². The number of aryl methyl sites for hydroxylation is 2. The Hall–Kier alpha value is -4.23. The molecule has 0 fully saturated rings. The Kier molecular flexibility index (Phi) is 7.55. The molecule has 188 valence electrons. The van der Waals surface area contributed by atoms with Crippen LogP contribution in [0.25, 0.3) is 11.1 Å². The first kappa shape index (κ1) is 25.9. The van der Waals surface area contributed by atoms with E-state index in [4.69, 9.17) is 11.6 Å². The number of carbonyl (C=O) groups is 1. The maximum atomic E-state index is 15.1. The first-order chi connectivity index (χ1) is 17.7. The highest BCUT2D eigenvalue weighted by Gasteiger charge is 2.22. The zero-order chi connectivity index (χ0) is 26.7. The Balaban J connectivity index is 1.74. The highest BCUT2D eigenvalue weighted by Crippen LogP contribution is 2.34. The number of aromatic nitrogens is 1. The number of oxime groups is 1. The minimum absolute atomic E-state index is 0.152. The van der Waals surface area contributed by atoms with Crippen LogP contribution in [0, 0.1) is 12.7 Å². The maximum absolute atomic E-state index is 15.1. The molecule has 0 saturated heterocycles. The van der Waals surface area contributed by atoms with Gasteiger partial charge in [0.05, 0.1) is 11.3 Å². The molecule has 4 rings (SSSR count). The molecular weight excluding hydrogens is 495 g/mol. The fourth-order valence-electron chi connectivity index (χ4n) is 4.38. The van der Waals surface area contributed by atoms with Gasteiger partial charge in [-0.1, -0.05) is 53.2 Å². The Labute approximate surface area is 217 Å². The molecule has 0 aliphatic carbocycles. The van der Waals surface area contributed by atoms with Gasteiger partial charge in [-0.25, -0.2) is 9.18 Å². The number of aromatic carboxylic acids is 1. The highest BCUT2D eigenvalue weighted by atomic mass is 35.5. The number of nitrogens with zero attached hydrogens (tertiary/aromatic N) is 2. The van der Waals surface area contributed by atoms with Gasteiger partial charge in [0.1, 0.15) is 5.82 Å². The summed E-state index contributed by atoms with van der Waals surface area (Å²) in [6.07, 6.45) is 1.72. The smallest absolute Gasteiger partial charge is 0.335 e. The molecule has 1 heterocycles. The first-order valence-corrected chi connectivity index (χ1v) is 11.8. The van der Waals surface area contributed by atoms with Crippen molar-refractivity contribution in [2.45, 2.75) is 19.3 Å². The normalized spacial score (nSPS) is 12.4. The molecule has 0 spiro atoms. The molecule has 0 bridgehead atoms. The molecule has 4 aromatic rings. The fraction of sp³-hybridized carbons (Fsp3) is 0.138. The molecule has 6 nitrogen and oxygen atoms in total. The highest BCUT2D eigenvalue weighted by molar-refractivity contribution is 6.30. The average Bonchev–Trinajstić information content (AvgIpc) is 2.87. The third-order valence-electron chi connectivity index (χ3n) is 6.37. The molecule has 2 N–H and O–H groups in total. The molecule has 3 aromatic carbocycles. The first-order valence-electron chi connectivity index (χ1n) is 11.4. The van der Waals surface area contributed by atoms with Crippen LogP contribution in [0.3, 0.4) is 0 Å². The molecule has 37 heavy (non-hydrogen) atoms. The minimum Gasteiger partial charge on any atom is -0.478 e. The molecular formula is C29H24ClFN2O4. The number of benzene rings is 3. The van der Waals surface area contributed by atoms with Crippen molar-refractivity contribution in [1.82, 2.24) is 4.57 Å². The summed E-state index contributed by atoms with van der Waals surface area (Å²) >= 11 is 5.99. The monoisotopic (exact) mass is 518 g/mol. The van der Waals surface area contributed by atoms with E-state index in [0.29, 0.717) is 16.8 Å². The number of pyridine rings is 1. The van der Waals surface area contributed by atoms with Crippen molar-refractivity contribution in [3.63, 3.8) is 0 Å². The SMILES string of the molecule is Cc1cc(C(=O)O)ccc1-c1ccc(C(CC(=NO)c2ccc(=O)n(C)c2)c2ccc(Cl)cc2F)cc1. The van der Waals surface area contributed by atoms with E-state index in [1.54, 1.807) is 49.6 Å². The van der Waals surface area contributed by atoms with Gasteiger partial charge in [0, 0.05) is 42.2 Å². The quantitative estimate of drug-likeness (QED) is 0.172. The second-order valence-corrected chi connectivity index (χ2v) is 9.23. The summed E-state index contributed by atoms with van der Waals surface area (Å²) in [6.45, 7) is 1.85. The van der Waals surface area contributed by atoms with E-state index in [0.717, 1.165) is 22.3 Å². The van der Waals surface area contributed by atoms with Crippen LogP contribution in [-0.4, -0.2) is 26.6 Å². The Morgan fingerprint density at radius 1 is 1.03 bits per heavy atom. The van der Waals surface area contributed by atoms with Gasteiger partial charge < -0.3 is 14.9 Å². The van der Waals surface area contributed by atoms with Crippen molar-refractivity contribution in [2.75, 3.05) is 0 Å². The van der Waals surface area contributed by atoms with Crippen LogP contribution in [-0.2, 0) is 7.05 Å². The van der Waals surface area contributed by atoms with Gasteiger partial charge in [0.15, 0.2) is 0 Å². The second-order valence-electron chi connectivity index (χ2n) is 8.79. The van der Waals surface area contributed by atoms with Crippen molar-refractivity contribution in [3.8, 4) is 11.1 Å². The minimum atomic E-state index is -0.988. The second kappa shape index (κ2) is 10.8. The Morgan fingerprint density at radius 3 is 2.32 bits per heavy atom. The molecule has 8 heteroatoms. The number of hydrogen-bond donors (Lipinski definition) is 2. The van der Waals surface area contributed by atoms with E-state index in [1.807, 2.05) is 31.2 Å². The van der Waals surface area contributed by atoms with E-state index in [9.17, 15) is 19.9 Å². The van der Waals surface area contributed by atoms with Gasteiger partial charge in [0.25, 0.3) is 0 Å². The summed E-state index contributed by atoms with van der Waals surface area (Å²) < 4.78 is 16.5. The van der Waals surface area contributed by atoms with E-state index < -0.39 is 17.7 Å². The maximum Gasteiger partial charge on any atom is 0.335 e. The zero-order valence-electron chi connectivity index (χ0n) is 20.2. The predicted molar refractivity (Wildman–Crippen MR) is 141 cm³/mol. The average molecular weight is 519 g/mol. The number of carboxylic acid groups (broad SMARTS) is 1. The van der Waals surface area contributed by atoms with Gasteiger partial charge in [-0.3, -0.25) is 4.79 Å². The van der Waals surface area contributed by atoms with Gasteiger partial charge in [-0.15, -0.1) is 0 Å². The number of hydrogen-bond acceptors (Lipinski definition) is 4. The standard InChI is InChI=1S/C29H24ClFN2O4/c1-17-13-20(29(35)36)7-10-23(17)18-3-5-19(6-4-18)25(24-11-9-22(30)14-26(24)31)15-27(32-37)21-8-12-28(34)33(2)16-21/h3-14,16,25,37H,15H2,1-2H3,(H,35,36). The van der Waals surface area contributed by atoms with Crippen LogP contribution >= 0.6 is 11.6 Å². The van der Waals surface area contributed by atoms with Crippen LogP contribution in [0.2, 0.25) is 5.02 Å². The van der Waals surface area contributed by atoms with Gasteiger partial charge in [0.2, 0.25) is 5.56 Å². The molecule has 0 amide bonds. The molecule has 1 atom stereocenters. The van der Waals surface area contributed by atoms with Crippen molar-refractivity contribution in [2.24, 2.45) is 12.2 Å². The third kappa shape index (κ3) is 5.62. The lowest BCUT2D eigenvalue weighted by Crippen LogP contribution is -2.18. The molecule has 1 unspecified atom stereocenters. The summed E-state index contributed by atoms with van der Waals surface area (Å²) in [4.78, 5) is 23.1.